The molecule has 0 saturated heterocycles. The first-order valence-corrected chi connectivity index (χ1v) is 13.5. The number of esters is 1. The summed E-state index contributed by atoms with van der Waals surface area (Å²) < 4.78 is 182. The fraction of sp³-hybridized carbons (Fsp3) is 0.321. The van der Waals surface area contributed by atoms with E-state index in [2.05, 4.69) is 0 Å². The molecule has 3 nitrogen and oxygen atoms in total. The van der Waals surface area contributed by atoms with Crippen molar-refractivity contribution < 1.29 is 71.3 Å². The molecule has 0 bridgehead atoms. The van der Waals surface area contributed by atoms with Crippen LogP contribution in [0.3, 0.4) is 0 Å². The van der Waals surface area contributed by atoms with Crippen LogP contribution in [0.4, 0.5) is 57.1 Å². The maximum atomic E-state index is 14.1. The summed E-state index contributed by atoms with van der Waals surface area (Å²) in [6.45, 7) is -0.909. The van der Waals surface area contributed by atoms with Crippen molar-refractivity contribution in [1.82, 2.24) is 0 Å². The van der Waals surface area contributed by atoms with E-state index in [4.69, 9.17) is 9.47 Å². The van der Waals surface area contributed by atoms with Gasteiger partial charge in [0.25, 0.3) is 0 Å². The quantitative estimate of drug-likeness (QED) is 0.0605. The molecular weight excluding hydrogens is 758 g/mol. The van der Waals surface area contributed by atoms with Gasteiger partial charge in [-0.3, -0.25) is 0 Å². The molecule has 0 amide bonds. The van der Waals surface area contributed by atoms with Gasteiger partial charge in [-0.2, -0.15) is 57.1 Å². The second-order valence-electron chi connectivity index (χ2n) is 9.42. The molecule has 1 atom stereocenters. The van der Waals surface area contributed by atoms with E-state index in [9.17, 15) is 61.9 Å². The van der Waals surface area contributed by atoms with E-state index in [1.807, 2.05) is 0 Å². The lowest BCUT2D eigenvalue weighted by Gasteiger charge is -2.40. The smallest absolute Gasteiger partial charge is 0.460 e. The highest BCUT2D eigenvalue weighted by Crippen LogP contribution is 2.61. The van der Waals surface area contributed by atoms with Gasteiger partial charge in [0, 0.05) is 6.42 Å². The summed E-state index contributed by atoms with van der Waals surface area (Å²) in [5.74, 6) is -37.4. The second-order valence-corrected chi connectivity index (χ2v) is 11.2. The highest BCUT2D eigenvalue weighted by Gasteiger charge is 2.90. The average Bonchev–Trinajstić information content (AvgIpc) is 2.96. The minimum Gasteiger partial charge on any atom is -0.493 e. The minimum absolute atomic E-state index is 0.0504. The number of hydrogen-bond donors (Lipinski definition) is 0. The molecule has 0 saturated carbocycles. The van der Waals surface area contributed by atoms with Crippen molar-refractivity contribution in [2.45, 2.75) is 46.1 Å². The third-order valence-corrected chi connectivity index (χ3v) is 6.97. The van der Waals surface area contributed by atoms with E-state index < -0.39 is 58.7 Å². The van der Waals surface area contributed by atoms with Crippen LogP contribution in [0.25, 0.3) is 11.1 Å². The molecule has 0 aliphatic heterocycles. The SMILES string of the molecule is O=C(Oc1ccc(-c2ccc(OCC(I)CC(F)(F)C(F)(F)C(F)(F)C(F)(F)C(F)(F)C(F)(F)F)cc2)cc1)c1ccccc1. The molecule has 0 spiro atoms. The summed E-state index contributed by atoms with van der Waals surface area (Å²) in [4.78, 5) is 12.2. The van der Waals surface area contributed by atoms with Crippen LogP contribution in [0.5, 0.6) is 11.5 Å². The van der Waals surface area contributed by atoms with Gasteiger partial charge >= 0.3 is 41.8 Å². The van der Waals surface area contributed by atoms with Gasteiger partial charge in [-0.25, -0.2) is 4.79 Å². The molecule has 3 aromatic carbocycles. The lowest BCUT2D eigenvalue weighted by Crippen LogP contribution is -2.70. The Labute approximate surface area is 259 Å². The first-order valence-electron chi connectivity index (χ1n) is 12.3. The van der Waals surface area contributed by atoms with Crippen LogP contribution >= 0.6 is 22.6 Å². The molecule has 0 aliphatic carbocycles. The maximum Gasteiger partial charge on any atom is 0.460 e. The van der Waals surface area contributed by atoms with Gasteiger partial charge in [0.15, 0.2) is 0 Å². The Morgan fingerprint density at radius 1 is 0.600 bits per heavy atom. The maximum absolute atomic E-state index is 14.1. The van der Waals surface area contributed by atoms with E-state index in [0.717, 1.165) is 22.6 Å². The fourth-order valence-electron chi connectivity index (χ4n) is 3.65. The van der Waals surface area contributed by atoms with Gasteiger partial charge in [-0.05, 0) is 47.5 Å². The predicted molar refractivity (Wildman–Crippen MR) is 142 cm³/mol. The Kier molecular flexibility index (Phi) is 10.4. The molecule has 0 fully saturated rings. The number of hydrogen-bond acceptors (Lipinski definition) is 3. The lowest BCUT2D eigenvalue weighted by molar-refractivity contribution is -0.440. The molecule has 45 heavy (non-hydrogen) atoms. The average molecular weight is 776 g/mol. The van der Waals surface area contributed by atoms with Gasteiger partial charge in [-0.1, -0.05) is 65.1 Å². The molecule has 1 unspecified atom stereocenters. The van der Waals surface area contributed by atoms with Crippen molar-refractivity contribution in [3.63, 3.8) is 0 Å². The van der Waals surface area contributed by atoms with E-state index in [-0.39, 0.29) is 11.5 Å². The molecule has 3 rings (SSSR count). The normalized spacial score (nSPS) is 14.2. The lowest BCUT2D eigenvalue weighted by atomic mass is 9.92. The Hall–Kier alpha value is -3.25. The van der Waals surface area contributed by atoms with Crippen molar-refractivity contribution >= 4 is 28.6 Å². The summed E-state index contributed by atoms with van der Waals surface area (Å²) in [6, 6.07) is 19.9. The zero-order chi connectivity index (χ0) is 34.1. The minimum atomic E-state index is -7.93. The van der Waals surface area contributed by atoms with Crippen LogP contribution in [-0.2, 0) is 0 Å². The summed E-state index contributed by atoms with van der Waals surface area (Å²) in [5.41, 5.74) is 1.51. The van der Waals surface area contributed by atoms with Crippen LogP contribution in [0.15, 0.2) is 78.9 Å². The van der Waals surface area contributed by atoms with Crippen LogP contribution in [-0.4, -0.2) is 52.3 Å². The largest absolute Gasteiger partial charge is 0.493 e. The van der Waals surface area contributed by atoms with Crippen molar-refractivity contribution in [2.24, 2.45) is 0 Å². The number of carbonyl (C=O) groups excluding carboxylic acids is 1. The van der Waals surface area contributed by atoms with Crippen molar-refractivity contribution in [3.05, 3.63) is 84.4 Å². The third-order valence-electron chi connectivity index (χ3n) is 6.17. The van der Waals surface area contributed by atoms with E-state index in [1.165, 1.54) is 36.4 Å². The molecule has 0 N–H and O–H groups in total. The number of halogens is 14. The predicted octanol–water partition coefficient (Wildman–Crippen LogP) is 9.88. The van der Waals surface area contributed by atoms with E-state index >= 15 is 0 Å². The molecule has 3 aromatic rings. The number of benzene rings is 3. The number of carbonyl (C=O) groups is 1. The van der Waals surface area contributed by atoms with E-state index in [0.29, 0.717) is 16.7 Å². The molecule has 17 heteroatoms. The molecule has 246 valence electrons. The van der Waals surface area contributed by atoms with Gasteiger partial charge in [0.05, 0.1) is 9.49 Å². The topological polar surface area (TPSA) is 35.5 Å². The summed E-state index contributed by atoms with van der Waals surface area (Å²) in [6.07, 6.45) is -9.82. The number of alkyl halides is 14. The van der Waals surface area contributed by atoms with Gasteiger partial charge in [0.1, 0.15) is 18.1 Å². The Morgan fingerprint density at radius 3 is 1.51 bits per heavy atom. The van der Waals surface area contributed by atoms with Crippen molar-refractivity contribution in [3.8, 4) is 22.6 Å². The van der Waals surface area contributed by atoms with Gasteiger partial charge < -0.3 is 9.47 Å². The molecule has 0 radical (unpaired) electrons. The Morgan fingerprint density at radius 2 is 1.04 bits per heavy atom. The van der Waals surface area contributed by atoms with Crippen LogP contribution in [0.2, 0.25) is 0 Å². The molecule has 0 aromatic heterocycles. The Bertz CT molecular complexity index is 1440. The summed E-state index contributed by atoms with van der Waals surface area (Å²) in [7, 11) is 0. The zero-order valence-corrected chi connectivity index (χ0v) is 24.2. The first kappa shape index (κ1) is 36.2. The Balaban J connectivity index is 1.62. The standard InChI is InChI=1S/C28H18F13IO3/c29-23(30,24(31,32)25(33,34)26(35,36)27(37,38)28(39,40)41)14-19(42)15-44-20-10-6-16(7-11-20)17-8-12-21(13-9-17)45-22(43)18-4-2-1-3-5-18/h1-13,19H,14-15H2. The zero-order valence-electron chi connectivity index (χ0n) is 22.0. The molecule has 0 heterocycles. The summed E-state index contributed by atoms with van der Waals surface area (Å²) in [5, 5.41) is 0. The molecular formula is C28H18F13IO3. The van der Waals surface area contributed by atoms with Crippen molar-refractivity contribution in [2.75, 3.05) is 6.61 Å². The van der Waals surface area contributed by atoms with Gasteiger partial charge in [0.2, 0.25) is 0 Å². The van der Waals surface area contributed by atoms with E-state index in [1.54, 1.807) is 42.5 Å². The third kappa shape index (κ3) is 7.27. The number of rotatable bonds is 12. The monoisotopic (exact) mass is 776 g/mol. The molecule has 0 aliphatic rings. The fourth-order valence-corrected chi connectivity index (χ4v) is 4.39. The second kappa shape index (κ2) is 12.9. The highest BCUT2D eigenvalue weighted by molar-refractivity contribution is 14.1. The van der Waals surface area contributed by atoms with Crippen LogP contribution in [0.1, 0.15) is 16.8 Å². The van der Waals surface area contributed by atoms with Crippen molar-refractivity contribution in [1.29, 1.82) is 0 Å². The van der Waals surface area contributed by atoms with Gasteiger partial charge in [-0.15, -0.1) is 0 Å². The summed E-state index contributed by atoms with van der Waals surface area (Å²) >= 11 is 1.01. The first-order chi connectivity index (χ1) is 20.5. The number of ether oxygens (including phenoxy) is 2. The van der Waals surface area contributed by atoms with Crippen LogP contribution < -0.4 is 9.47 Å². The highest BCUT2D eigenvalue weighted by atomic mass is 127. The van der Waals surface area contributed by atoms with Crippen LogP contribution in [0, 0.1) is 0 Å².